The maximum atomic E-state index is 5.41. The second-order valence-electron chi connectivity index (χ2n) is 6.63. The Bertz CT molecular complexity index is 750. The number of halogens is 1. The second kappa shape index (κ2) is 15.4. The van der Waals surface area contributed by atoms with Gasteiger partial charge in [-0.25, -0.2) is 9.98 Å². The molecule has 1 aromatic carbocycles. The lowest BCUT2D eigenvalue weighted by Crippen LogP contribution is -2.39. The number of ether oxygens (including phenoxy) is 2. The van der Waals surface area contributed by atoms with Gasteiger partial charge < -0.3 is 20.1 Å². The van der Waals surface area contributed by atoms with Gasteiger partial charge in [-0.1, -0.05) is 19.1 Å². The van der Waals surface area contributed by atoms with Gasteiger partial charge in [0, 0.05) is 37.6 Å². The molecule has 0 unspecified atom stereocenters. The molecule has 30 heavy (non-hydrogen) atoms. The lowest BCUT2D eigenvalue weighted by molar-refractivity contribution is 0.145. The van der Waals surface area contributed by atoms with E-state index in [1.165, 1.54) is 15.6 Å². The van der Waals surface area contributed by atoms with Crippen LogP contribution in [0.1, 0.15) is 41.4 Å². The molecular formula is C22H35IN4O2S. The Morgan fingerprint density at radius 1 is 1.13 bits per heavy atom. The Labute approximate surface area is 201 Å². The van der Waals surface area contributed by atoms with E-state index < -0.39 is 0 Å². The van der Waals surface area contributed by atoms with Gasteiger partial charge in [-0.2, -0.15) is 0 Å². The smallest absolute Gasteiger partial charge is 0.191 e. The summed E-state index contributed by atoms with van der Waals surface area (Å²) >= 11 is 1.79. The molecule has 168 valence electrons. The number of aliphatic imine (C=N–C) groups is 1. The van der Waals surface area contributed by atoms with Gasteiger partial charge >= 0.3 is 0 Å². The standard InChI is InChI=1S/C22H34N4O2S.HI/c1-5-20-17(3)29-21(26-20)12-14-24-22(23-13-7-15-28-6-2)25-16-18-8-10-19(27-4)11-9-18;/h8-11H,5-7,12-16H2,1-4H3,(H2,23,24,25);1H. The van der Waals surface area contributed by atoms with E-state index in [1.54, 1.807) is 18.4 Å². The molecule has 0 aliphatic carbocycles. The van der Waals surface area contributed by atoms with Crippen LogP contribution in [0.25, 0.3) is 0 Å². The molecule has 1 aromatic heterocycles. The molecule has 0 saturated heterocycles. The molecule has 0 atom stereocenters. The van der Waals surface area contributed by atoms with Gasteiger partial charge in [-0.05, 0) is 44.4 Å². The zero-order valence-corrected chi connectivity index (χ0v) is 21.6. The van der Waals surface area contributed by atoms with Crippen molar-refractivity contribution in [2.24, 2.45) is 4.99 Å². The van der Waals surface area contributed by atoms with Crippen molar-refractivity contribution in [3.05, 3.63) is 45.4 Å². The van der Waals surface area contributed by atoms with Crippen molar-refractivity contribution in [1.29, 1.82) is 0 Å². The predicted molar refractivity (Wildman–Crippen MR) is 137 cm³/mol. The highest BCUT2D eigenvalue weighted by molar-refractivity contribution is 14.0. The Hall–Kier alpha value is -1.39. The number of nitrogens with one attached hydrogen (secondary N) is 2. The van der Waals surface area contributed by atoms with Gasteiger partial charge in [0.2, 0.25) is 0 Å². The third-order valence-corrected chi connectivity index (χ3v) is 5.52. The van der Waals surface area contributed by atoms with E-state index in [0.29, 0.717) is 6.54 Å². The maximum Gasteiger partial charge on any atom is 0.191 e. The Morgan fingerprint density at radius 2 is 1.87 bits per heavy atom. The van der Waals surface area contributed by atoms with Crippen molar-refractivity contribution in [2.75, 3.05) is 33.4 Å². The minimum atomic E-state index is 0. The largest absolute Gasteiger partial charge is 0.497 e. The van der Waals surface area contributed by atoms with Crippen LogP contribution in [0.2, 0.25) is 0 Å². The van der Waals surface area contributed by atoms with E-state index in [4.69, 9.17) is 19.5 Å². The molecule has 0 radical (unpaired) electrons. The molecule has 8 heteroatoms. The van der Waals surface area contributed by atoms with Crippen LogP contribution in [0.4, 0.5) is 0 Å². The normalized spacial score (nSPS) is 11.1. The summed E-state index contributed by atoms with van der Waals surface area (Å²) in [7, 11) is 1.68. The van der Waals surface area contributed by atoms with Crippen molar-refractivity contribution >= 4 is 41.3 Å². The molecule has 2 aromatic rings. The number of rotatable bonds is 12. The van der Waals surface area contributed by atoms with E-state index in [1.807, 2.05) is 31.2 Å². The maximum absolute atomic E-state index is 5.41. The highest BCUT2D eigenvalue weighted by atomic mass is 127. The number of hydrogen-bond donors (Lipinski definition) is 2. The lowest BCUT2D eigenvalue weighted by Gasteiger charge is -2.12. The number of thiazole rings is 1. The molecule has 0 aliphatic heterocycles. The number of benzene rings is 1. The fourth-order valence-electron chi connectivity index (χ4n) is 2.81. The van der Waals surface area contributed by atoms with Crippen molar-refractivity contribution in [1.82, 2.24) is 15.6 Å². The fourth-order valence-corrected chi connectivity index (χ4v) is 3.83. The van der Waals surface area contributed by atoms with Gasteiger partial charge in [-0.3, -0.25) is 0 Å². The number of aromatic nitrogens is 1. The summed E-state index contributed by atoms with van der Waals surface area (Å²) in [4.78, 5) is 10.8. The molecule has 0 spiro atoms. The summed E-state index contributed by atoms with van der Waals surface area (Å²) in [6.07, 6.45) is 2.84. The summed E-state index contributed by atoms with van der Waals surface area (Å²) in [5, 5.41) is 8.02. The summed E-state index contributed by atoms with van der Waals surface area (Å²) in [6, 6.07) is 8.01. The molecule has 0 saturated carbocycles. The van der Waals surface area contributed by atoms with E-state index in [-0.39, 0.29) is 24.0 Å². The Kier molecular flexibility index (Phi) is 13.7. The third kappa shape index (κ3) is 9.61. The predicted octanol–water partition coefficient (Wildman–Crippen LogP) is 4.35. The SMILES string of the molecule is CCOCCCNC(=NCc1ccc(OC)cc1)NCCc1nc(CC)c(C)s1.I. The minimum Gasteiger partial charge on any atom is -0.497 e. The minimum absolute atomic E-state index is 0. The monoisotopic (exact) mass is 546 g/mol. The van der Waals surface area contributed by atoms with Crippen LogP contribution in [0.5, 0.6) is 5.75 Å². The topological polar surface area (TPSA) is 67.8 Å². The van der Waals surface area contributed by atoms with Crippen LogP contribution >= 0.6 is 35.3 Å². The number of hydrogen-bond acceptors (Lipinski definition) is 5. The van der Waals surface area contributed by atoms with Crippen molar-refractivity contribution in [3.8, 4) is 5.75 Å². The third-order valence-electron chi connectivity index (χ3n) is 4.44. The fraction of sp³-hybridized carbons (Fsp3) is 0.545. The first-order chi connectivity index (χ1) is 14.2. The average molecular weight is 547 g/mol. The molecule has 2 rings (SSSR count). The zero-order chi connectivity index (χ0) is 20.9. The highest BCUT2D eigenvalue weighted by Crippen LogP contribution is 2.18. The van der Waals surface area contributed by atoms with E-state index in [2.05, 4.69) is 24.5 Å². The van der Waals surface area contributed by atoms with Crippen LogP contribution in [-0.4, -0.2) is 44.4 Å². The van der Waals surface area contributed by atoms with Gasteiger partial charge in [-0.15, -0.1) is 35.3 Å². The van der Waals surface area contributed by atoms with Crippen LogP contribution in [-0.2, 0) is 24.1 Å². The number of methoxy groups -OCH3 is 1. The molecule has 2 N–H and O–H groups in total. The van der Waals surface area contributed by atoms with Crippen molar-refractivity contribution < 1.29 is 9.47 Å². The quantitative estimate of drug-likeness (QED) is 0.180. The molecule has 0 bridgehead atoms. The van der Waals surface area contributed by atoms with Crippen LogP contribution < -0.4 is 15.4 Å². The average Bonchev–Trinajstić information content (AvgIpc) is 3.11. The summed E-state index contributed by atoms with van der Waals surface area (Å²) < 4.78 is 10.6. The number of aryl methyl sites for hydroxylation is 2. The van der Waals surface area contributed by atoms with Crippen LogP contribution in [0.3, 0.4) is 0 Å². The van der Waals surface area contributed by atoms with E-state index in [9.17, 15) is 0 Å². The Morgan fingerprint density at radius 3 is 2.50 bits per heavy atom. The zero-order valence-electron chi connectivity index (χ0n) is 18.5. The Balaban J connectivity index is 0.00000450. The first-order valence-corrected chi connectivity index (χ1v) is 11.2. The van der Waals surface area contributed by atoms with Gasteiger partial charge in [0.05, 0.1) is 24.4 Å². The first-order valence-electron chi connectivity index (χ1n) is 10.3. The molecule has 1 heterocycles. The van der Waals surface area contributed by atoms with Gasteiger partial charge in [0.15, 0.2) is 5.96 Å². The molecular weight excluding hydrogens is 511 g/mol. The van der Waals surface area contributed by atoms with Gasteiger partial charge in [0.1, 0.15) is 5.75 Å². The first kappa shape index (κ1) is 26.6. The lowest BCUT2D eigenvalue weighted by atomic mass is 10.2. The molecule has 0 fully saturated rings. The summed E-state index contributed by atoms with van der Waals surface area (Å²) in [5.41, 5.74) is 2.36. The van der Waals surface area contributed by atoms with E-state index >= 15 is 0 Å². The molecule has 6 nitrogen and oxygen atoms in total. The van der Waals surface area contributed by atoms with Crippen LogP contribution in [0.15, 0.2) is 29.3 Å². The van der Waals surface area contributed by atoms with Crippen LogP contribution in [0, 0.1) is 6.92 Å². The molecule has 0 amide bonds. The summed E-state index contributed by atoms with van der Waals surface area (Å²) in [5.74, 6) is 1.68. The van der Waals surface area contributed by atoms with Crippen molar-refractivity contribution in [2.45, 2.75) is 46.6 Å². The number of nitrogens with zero attached hydrogens (tertiary/aromatic N) is 2. The van der Waals surface area contributed by atoms with Gasteiger partial charge in [0.25, 0.3) is 0 Å². The molecule has 0 aliphatic rings. The highest BCUT2D eigenvalue weighted by Gasteiger charge is 2.06. The van der Waals surface area contributed by atoms with Crippen molar-refractivity contribution in [3.63, 3.8) is 0 Å². The van der Waals surface area contributed by atoms with E-state index in [0.717, 1.165) is 62.8 Å². The number of guanidine groups is 1. The second-order valence-corrected chi connectivity index (χ2v) is 7.92. The summed E-state index contributed by atoms with van der Waals surface area (Å²) in [6.45, 7) is 10.1.